The van der Waals surface area contributed by atoms with Crippen molar-refractivity contribution in [2.75, 3.05) is 0 Å². The summed E-state index contributed by atoms with van der Waals surface area (Å²) in [6.45, 7) is 0. The molecule has 1 heterocycles. The van der Waals surface area contributed by atoms with Gasteiger partial charge in [-0.3, -0.25) is 0 Å². The van der Waals surface area contributed by atoms with Gasteiger partial charge in [-0.1, -0.05) is 6.42 Å². The van der Waals surface area contributed by atoms with Gasteiger partial charge in [0.2, 0.25) is 0 Å². The molecule has 1 radical (unpaired) electrons. The number of hydrogen-bond donors (Lipinski definition) is 1. The normalized spacial score (nSPS) is 19.6. The maximum Gasteiger partial charge on any atom is 0.0657 e. The quantitative estimate of drug-likeness (QED) is 0.584. The van der Waals surface area contributed by atoms with E-state index in [4.69, 9.17) is 0 Å². The molecule has 0 bridgehead atoms. The first-order valence-corrected chi connectivity index (χ1v) is 3.52. The molecule has 1 N–H and O–H groups in total. The fourth-order valence-electron chi connectivity index (χ4n) is 1.26. The molecule has 47 valence electrons. The molecule has 0 aliphatic heterocycles. The summed E-state index contributed by atoms with van der Waals surface area (Å²) in [7, 11) is 0. The zero-order valence-electron chi connectivity index (χ0n) is 5.35. The highest BCUT2D eigenvalue weighted by Crippen LogP contribution is 2.35. The second-order valence-electron chi connectivity index (χ2n) is 2.69. The van der Waals surface area contributed by atoms with Gasteiger partial charge in [-0.15, -0.1) is 0 Å². The minimum absolute atomic E-state index is 0.830. The maximum absolute atomic E-state index is 3.11. The van der Waals surface area contributed by atoms with Crippen molar-refractivity contribution in [2.45, 2.75) is 25.2 Å². The Morgan fingerprint density at radius 2 is 2.44 bits per heavy atom. The Kier molecular flexibility index (Phi) is 1.08. The van der Waals surface area contributed by atoms with Crippen molar-refractivity contribution in [3.05, 3.63) is 24.0 Å². The van der Waals surface area contributed by atoms with Crippen molar-refractivity contribution in [2.24, 2.45) is 0 Å². The smallest absolute Gasteiger partial charge is 0.0657 e. The third kappa shape index (κ3) is 0.766. The molecule has 1 heteroatoms. The average Bonchev–Trinajstić information content (AvgIpc) is 2.11. The second-order valence-corrected chi connectivity index (χ2v) is 2.69. The third-order valence-corrected chi connectivity index (χ3v) is 2.11. The first-order valence-electron chi connectivity index (χ1n) is 3.52. The van der Waals surface area contributed by atoms with Crippen LogP contribution in [0.1, 0.15) is 30.7 Å². The van der Waals surface area contributed by atoms with Crippen LogP contribution in [0.2, 0.25) is 0 Å². The molecule has 0 unspecified atom stereocenters. The lowest BCUT2D eigenvalue weighted by molar-refractivity contribution is 0.419. The molecule has 1 saturated carbocycles. The van der Waals surface area contributed by atoms with Crippen LogP contribution in [0, 0.1) is 6.20 Å². The number of hydrogen-bond acceptors (Lipinski definition) is 0. The highest BCUT2D eigenvalue weighted by molar-refractivity contribution is 5.15. The molecule has 9 heavy (non-hydrogen) atoms. The largest absolute Gasteiger partial charge is 0.360 e. The molecule has 0 saturated heterocycles. The lowest BCUT2D eigenvalue weighted by Gasteiger charge is -2.23. The summed E-state index contributed by atoms with van der Waals surface area (Å²) in [5.41, 5.74) is 1.38. The van der Waals surface area contributed by atoms with Gasteiger partial charge in [-0.2, -0.15) is 0 Å². The summed E-state index contributed by atoms with van der Waals surface area (Å²) in [5, 5.41) is 0. The summed E-state index contributed by atoms with van der Waals surface area (Å²) in [4.78, 5) is 2.95. The summed E-state index contributed by atoms with van der Waals surface area (Å²) >= 11 is 0. The minimum atomic E-state index is 0.830. The van der Waals surface area contributed by atoms with Crippen LogP contribution in [0.3, 0.4) is 0 Å². The number of H-pyrrole nitrogens is 1. The fourth-order valence-corrected chi connectivity index (χ4v) is 1.26. The van der Waals surface area contributed by atoms with E-state index < -0.39 is 0 Å². The molecule has 1 aromatic rings. The molecular formula is C8H10N. The van der Waals surface area contributed by atoms with Gasteiger partial charge >= 0.3 is 0 Å². The zero-order chi connectivity index (χ0) is 6.10. The van der Waals surface area contributed by atoms with Crippen molar-refractivity contribution in [1.82, 2.24) is 4.98 Å². The Morgan fingerprint density at radius 1 is 1.56 bits per heavy atom. The van der Waals surface area contributed by atoms with E-state index in [2.05, 4.69) is 17.2 Å². The molecular weight excluding hydrogens is 110 g/mol. The molecule has 1 aromatic heterocycles. The summed E-state index contributed by atoms with van der Waals surface area (Å²) in [6, 6.07) is 2.13. The van der Waals surface area contributed by atoms with Crippen LogP contribution >= 0.6 is 0 Å². The van der Waals surface area contributed by atoms with Crippen LogP contribution in [0.25, 0.3) is 0 Å². The topological polar surface area (TPSA) is 15.8 Å². The Hall–Kier alpha value is -0.720. The molecule has 2 rings (SSSR count). The minimum Gasteiger partial charge on any atom is -0.360 e. The van der Waals surface area contributed by atoms with Crippen LogP contribution in [0.15, 0.2) is 12.3 Å². The van der Waals surface area contributed by atoms with Gasteiger partial charge in [-0.05, 0) is 30.4 Å². The van der Waals surface area contributed by atoms with Gasteiger partial charge in [0, 0.05) is 6.20 Å². The predicted molar refractivity (Wildman–Crippen MR) is 36.2 cm³/mol. The van der Waals surface area contributed by atoms with Gasteiger partial charge in [0.1, 0.15) is 0 Å². The van der Waals surface area contributed by atoms with Crippen molar-refractivity contribution in [3.63, 3.8) is 0 Å². The molecule has 0 aromatic carbocycles. The van der Waals surface area contributed by atoms with Gasteiger partial charge < -0.3 is 4.98 Å². The van der Waals surface area contributed by atoms with Gasteiger partial charge in [-0.25, -0.2) is 0 Å². The fraction of sp³-hybridized carbons (Fsp3) is 0.500. The highest BCUT2D eigenvalue weighted by atomic mass is 14.6. The van der Waals surface area contributed by atoms with Gasteiger partial charge in [0.25, 0.3) is 0 Å². The third-order valence-electron chi connectivity index (χ3n) is 2.11. The number of nitrogens with one attached hydrogen (secondary N) is 1. The number of aromatic nitrogens is 1. The number of rotatable bonds is 1. The molecule has 1 nitrogen and oxygen atoms in total. The van der Waals surface area contributed by atoms with Crippen molar-refractivity contribution in [3.8, 4) is 0 Å². The monoisotopic (exact) mass is 120 g/mol. The Labute approximate surface area is 55.1 Å². The lowest BCUT2D eigenvalue weighted by Crippen LogP contribution is -2.07. The zero-order valence-corrected chi connectivity index (χ0v) is 5.35. The lowest BCUT2D eigenvalue weighted by atomic mass is 9.81. The van der Waals surface area contributed by atoms with Crippen LogP contribution in [0.5, 0.6) is 0 Å². The van der Waals surface area contributed by atoms with Crippen molar-refractivity contribution in [1.29, 1.82) is 0 Å². The van der Waals surface area contributed by atoms with E-state index in [0.29, 0.717) is 0 Å². The van der Waals surface area contributed by atoms with Crippen LogP contribution in [0.4, 0.5) is 0 Å². The van der Waals surface area contributed by atoms with Crippen LogP contribution in [-0.2, 0) is 0 Å². The van der Waals surface area contributed by atoms with E-state index >= 15 is 0 Å². The van der Waals surface area contributed by atoms with E-state index in [1.807, 2.05) is 6.20 Å². The molecule has 1 aliphatic carbocycles. The first kappa shape index (κ1) is 5.10. The van der Waals surface area contributed by atoms with Crippen molar-refractivity contribution < 1.29 is 0 Å². The molecule has 0 amide bonds. The molecule has 1 aliphatic rings. The van der Waals surface area contributed by atoms with E-state index in [-0.39, 0.29) is 0 Å². The van der Waals surface area contributed by atoms with E-state index in [1.165, 1.54) is 24.8 Å². The van der Waals surface area contributed by atoms with E-state index in [9.17, 15) is 0 Å². The van der Waals surface area contributed by atoms with Crippen molar-refractivity contribution >= 4 is 0 Å². The molecule has 1 fully saturated rings. The first-order chi connectivity index (χ1) is 4.47. The summed E-state index contributed by atoms with van der Waals surface area (Å²) in [5.74, 6) is 0.830. The molecule has 0 atom stereocenters. The van der Waals surface area contributed by atoms with Crippen LogP contribution < -0.4 is 0 Å². The number of aromatic amines is 1. The summed E-state index contributed by atoms with van der Waals surface area (Å²) in [6.07, 6.45) is 9.21. The highest BCUT2D eigenvalue weighted by Gasteiger charge is 2.19. The molecule has 0 spiro atoms. The Bertz CT molecular complexity index is 172. The maximum atomic E-state index is 3.11. The Balaban J connectivity index is 2.14. The van der Waals surface area contributed by atoms with Gasteiger partial charge in [0.15, 0.2) is 0 Å². The standard InChI is InChI=1S/C8H10N/c1-2-7(3-1)8-4-5-9-6-8/h4-5,7,9H,1-3H2. The average molecular weight is 120 g/mol. The summed E-state index contributed by atoms with van der Waals surface area (Å²) < 4.78 is 0. The SMILES string of the molecule is [c]1[nH]ccc1C1CCC1. The van der Waals surface area contributed by atoms with E-state index in [0.717, 1.165) is 5.92 Å². The van der Waals surface area contributed by atoms with Gasteiger partial charge in [0.05, 0.1) is 6.20 Å². The Morgan fingerprint density at radius 3 is 2.89 bits per heavy atom. The van der Waals surface area contributed by atoms with E-state index in [1.54, 1.807) is 0 Å². The predicted octanol–water partition coefficient (Wildman–Crippen LogP) is 2.08. The van der Waals surface area contributed by atoms with Crippen LogP contribution in [-0.4, -0.2) is 4.98 Å². The second kappa shape index (κ2) is 1.90.